The van der Waals surface area contributed by atoms with Crippen LogP contribution in [0.4, 0.5) is 4.39 Å². The molecule has 98 valence electrons. The Kier molecular flexibility index (Phi) is 3.79. The Labute approximate surface area is 124 Å². The highest BCUT2D eigenvalue weighted by molar-refractivity contribution is 9.10. The molecule has 1 aromatic rings. The number of piperidine rings is 1. The molecule has 0 spiro atoms. The van der Waals surface area contributed by atoms with E-state index in [1.807, 2.05) is 6.07 Å². The van der Waals surface area contributed by atoms with Gasteiger partial charge < -0.3 is 0 Å². The molecule has 18 heavy (non-hydrogen) atoms. The molecule has 0 N–H and O–H groups in total. The molecule has 2 heterocycles. The Morgan fingerprint density at radius 2 is 1.89 bits per heavy atom. The van der Waals surface area contributed by atoms with Crippen LogP contribution >= 0.6 is 31.9 Å². The van der Waals surface area contributed by atoms with E-state index in [-0.39, 0.29) is 5.82 Å². The van der Waals surface area contributed by atoms with Gasteiger partial charge >= 0.3 is 0 Å². The molecule has 2 atom stereocenters. The maximum Gasteiger partial charge on any atom is 0.124 e. The lowest BCUT2D eigenvalue weighted by molar-refractivity contribution is 0.136. The molecule has 4 heteroatoms. The number of alkyl halides is 1. The smallest absolute Gasteiger partial charge is 0.124 e. The molecule has 2 aliphatic rings. The molecular formula is C14H16Br2FN. The summed E-state index contributed by atoms with van der Waals surface area (Å²) in [6.07, 6.45) is 5.11. The van der Waals surface area contributed by atoms with Crippen LogP contribution in [-0.4, -0.2) is 21.8 Å². The summed E-state index contributed by atoms with van der Waals surface area (Å²) in [6.45, 7) is 0.940. The lowest BCUT2D eigenvalue weighted by Crippen LogP contribution is -2.42. The number of nitrogens with zero attached hydrogens (tertiary/aromatic N) is 1. The van der Waals surface area contributed by atoms with Crippen LogP contribution in [0.5, 0.6) is 0 Å². The average molecular weight is 377 g/mol. The first-order valence-corrected chi connectivity index (χ1v) is 8.18. The van der Waals surface area contributed by atoms with Crippen molar-refractivity contribution in [1.82, 2.24) is 4.90 Å². The quantitative estimate of drug-likeness (QED) is 0.688. The van der Waals surface area contributed by atoms with E-state index in [0.29, 0.717) is 16.9 Å². The maximum absolute atomic E-state index is 13.1. The molecule has 2 fully saturated rings. The Morgan fingerprint density at radius 3 is 2.50 bits per heavy atom. The minimum atomic E-state index is -0.173. The van der Waals surface area contributed by atoms with Gasteiger partial charge in [0.1, 0.15) is 5.82 Å². The summed E-state index contributed by atoms with van der Waals surface area (Å²) >= 11 is 7.23. The summed E-state index contributed by atoms with van der Waals surface area (Å²) < 4.78 is 14.0. The highest BCUT2D eigenvalue weighted by Gasteiger charge is 2.39. The third kappa shape index (κ3) is 2.52. The van der Waals surface area contributed by atoms with Crippen molar-refractivity contribution >= 4 is 31.9 Å². The van der Waals surface area contributed by atoms with Crippen LogP contribution in [0.25, 0.3) is 0 Å². The van der Waals surface area contributed by atoms with Gasteiger partial charge in [-0.2, -0.15) is 0 Å². The monoisotopic (exact) mass is 375 g/mol. The normalized spacial score (nSPS) is 31.8. The zero-order valence-electron chi connectivity index (χ0n) is 10.1. The zero-order valence-corrected chi connectivity index (χ0v) is 13.3. The number of rotatable bonds is 2. The van der Waals surface area contributed by atoms with Crippen molar-refractivity contribution in [2.45, 2.75) is 49.1 Å². The second-order valence-electron chi connectivity index (χ2n) is 5.36. The fourth-order valence-electron chi connectivity index (χ4n) is 3.31. The number of hydrogen-bond acceptors (Lipinski definition) is 1. The number of halogens is 3. The van der Waals surface area contributed by atoms with Crippen LogP contribution in [0.15, 0.2) is 22.7 Å². The summed E-state index contributed by atoms with van der Waals surface area (Å²) in [6, 6.07) is 6.42. The van der Waals surface area contributed by atoms with E-state index in [4.69, 9.17) is 0 Å². The van der Waals surface area contributed by atoms with Crippen LogP contribution in [-0.2, 0) is 6.54 Å². The molecule has 2 bridgehead atoms. The van der Waals surface area contributed by atoms with Gasteiger partial charge in [0.05, 0.1) is 0 Å². The molecule has 2 saturated heterocycles. The van der Waals surface area contributed by atoms with E-state index in [2.05, 4.69) is 36.8 Å². The van der Waals surface area contributed by atoms with E-state index >= 15 is 0 Å². The first-order valence-electron chi connectivity index (χ1n) is 6.47. The van der Waals surface area contributed by atoms with Gasteiger partial charge in [-0.05, 0) is 43.4 Å². The maximum atomic E-state index is 13.1. The molecule has 0 aromatic heterocycles. The van der Waals surface area contributed by atoms with Crippen molar-refractivity contribution in [2.75, 3.05) is 0 Å². The van der Waals surface area contributed by atoms with Crippen LogP contribution in [0, 0.1) is 5.82 Å². The van der Waals surface area contributed by atoms with Crippen LogP contribution in [0.1, 0.15) is 31.2 Å². The van der Waals surface area contributed by atoms with Gasteiger partial charge in [-0.3, -0.25) is 4.90 Å². The highest BCUT2D eigenvalue weighted by atomic mass is 79.9. The molecule has 1 nitrogen and oxygen atoms in total. The third-order valence-electron chi connectivity index (χ3n) is 4.19. The molecule has 2 aliphatic heterocycles. The van der Waals surface area contributed by atoms with Crippen molar-refractivity contribution in [3.8, 4) is 0 Å². The summed E-state index contributed by atoms with van der Waals surface area (Å²) in [5, 5.41) is 0. The Balaban J connectivity index is 1.77. The van der Waals surface area contributed by atoms with Gasteiger partial charge in [-0.25, -0.2) is 4.39 Å². The van der Waals surface area contributed by atoms with Crippen molar-refractivity contribution < 1.29 is 4.39 Å². The molecule has 3 rings (SSSR count). The van der Waals surface area contributed by atoms with E-state index < -0.39 is 0 Å². The Morgan fingerprint density at radius 1 is 1.22 bits per heavy atom. The summed E-state index contributed by atoms with van der Waals surface area (Å²) in [7, 11) is 0. The van der Waals surface area contributed by atoms with Crippen LogP contribution in [0.2, 0.25) is 0 Å². The van der Waals surface area contributed by atoms with Crippen molar-refractivity contribution in [3.63, 3.8) is 0 Å². The van der Waals surface area contributed by atoms with Crippen molar-refractivity contribution in [3.05, 3.63) is 34.1 Å². The molecule has 0 aliphatic carbocycles. The predicted molar refractivity (Wildman–Crippen MR) is 78.4 cm³/mol. The molecule has 0 saturated carbocycles. The molecule has 1 aromatic carbocycles. The van der Waals surface area contributed by atoms with Crippen molar-refractivity contribution in [1.29, 1.82) is 0 Å². The predicted octanol–water partition coefficient (Wildman–Crippen LogP) is 4.48. The molecule has 2 unspecified atom stereocenters. The second-order valence-corrected chi connectivity index (χ2v) is 7.51. The van der Waals surface area contributed by atoms with E-state index in [9.17, 15) is 4.39 Å². The second kappa shape index (κ2) is 5.22. The van der Waals surface area contributed by atoms with Crippen LogP contribution in [0.3, 0.4) is 0 Å². The average Bonchev–Trinajstić information content (AvgIpc) is 2.56. The fraction of sp³-hybridized carbons (Fsp3) is 0.571. The minimum absolute atomic E-state index is 0.173. The highest BCUT2D eigenvalue weighted by Crippen LogP contribution is 2.39. The molecule has 0 amide bonds. The topological polar surface area (TPSA) is 3.24 Å². The van der Waals surface area contributed by atoms with Gasteiger partial charge in [0, 0.05) is 27.9 Å². The van der Waals surface area contributed by atoms with Crippen molar-refractivity contribution in [2.24, 2.45) is 0 Å². The number of benzene rings is 1. The molecule has 0 radical (unpaired) electrons. The third-order valence-corrected chi connectivity index (χ3v) is 5.68. The lowest BCUT2D eigenvalue weighted by Gasteiger charge is -2.37. The number of hydrogen-bond donors (Lipinski definition) is 0. The van der Waals surface area contributed by atoms with Crippen LogP contribution < -0.4 is 0 Å². The minimum Gasteiger partial charge on any atom is -0.293 e. The van der Waals surface area contributed by atoms with E-state index in [0.717, 1.165) is 11.0 Å². The zero-order chi connectivity index (χ0) is 12.7. The largest absolute Gasteiger partial charge is 0.293 e. The van der Waals surface area contributed by atoms with Gasteiger partial charge in [0.25, 0.3) is 0 Å². The van der Waals surface area contributed by atoms with Gasteiger partial charge in [-0.1, -0.05) is 37.9 Å². The first-order chi connectivity index (χ1) is 8.63. The standard InChI is InChI=1S/C14H16Br2FN/c15-10-5-12-3-4-13(6-10)18(12)8-9-1-2-11(17)7-14(9)16/h1-2,7,10,12-13H,3-6,8H2. The lowest BCUT2D eigenvalue weighted by atomic mass is 10.0. The van der Waals surface area contributed by atoms with Gasteiger partial charge in [-0.15, -0.1) is 0 Å². The van der Waals surface area contributed by atoms with E-state index in [1.165, 1.54) is 31.2 Å². The van der Waals surface area contributed by atoms with E-state index in [1.54, 1.807) is 12.1 Å². The molecular weight excluding hydrogens is 361 g/mol. The first kappa shape index (κ1) is 13.1. The number of fused-ring (bicyclic) bond motifs is 2. The fourth-order valence-corrected chi connectivity index (χ4v) is 4.65. The Bertz CT molecular complexity index is 437. The van der Waals surface area contributed by atoms with Gasteiger partial charge in [0.15, 0.2) is 0 Å². The SMILES string of the molecule is Fc1ccc(CN2C3CCC2CC(Br)C3)c(Br)c1. The van der Waals surface area contributed by atoms with Gasteiger partial charge in [0.2, 0.25) is 0 Å². The summed E-state index contributed by atoms with van der Waals surface area (Å²) in [5.41, 5.74) is 1.20. The summed E-state index contributed by atoms with van der Waals surface area (Å²) in [4.78, 5) is 3.29. The Hall–Kier alpha value is 0.0700. The summed E-state index contributed by atoms with van der Waals surface area (Å²) in [5.74, 6) is -0.173.